The number of nitrogens with zero attached hydrogens (tertiary/aromatic N) is 3. The van der Waals surface area contributed by atoms with Crippen LogP contribution in [0.4, 0.5) is 0 Å². The molecule has 1 unspecified atom stereocenters. The Morgan fingerprint density at radius 3 is 2.79 bits per heavy atom. The highest BCUT2D eigenvalue weighted by Gasteiger charge is 2.20. The minimum atomic E-state index is -0.633. The van der Waals surface area contributed by atoms with Gasteiger partial charge in [0.05, 0.1) is 18.9 Å². The molecule has 1 aromatic carbocycles. The highest BCUT2D eigenvalue weighted by molar-refractivity contribution is 5.37. The second-order valence-corrected chi connectivity index (χ2v) is 6.09. The second-order valence-electron chi connectivity index (χ2n) is 6.09. The van der Waals surface area contributed by atoms with Gasteiger partial charge in [0.1, 0.15) is 17.7 Å². The third-order valence-corrected chi connectivity index (χ3v) is 4.41. The van der Waals surface area contributed by atoms with Crippen molar-refractivity contribution < 1.29 is 14.6 Å². The van der Waals surface area contributed by atoms with Crippen molar-refractivity contribution in [3.05, 3.63) is 35.9 Å². The normalized spacial score (nSPS) is 18.7. The molecule has 130 valence electrons. The van der Waals surface area contributed by atoms with Crippen LogP contribution in [0.15, 0.2) is 24.3 Å². The van der Waals surface area contributed by atoms with E-state index in [0.29, 0.717) is 18.3 Å². The maximum absolute atomic E-state index is 10.1. The summed E-state index contributed by atoms with van der Waals surface area (Å²) in [6.07, 6.45) is 4.22. The maximum Gasteiger partial charge on any atom is 0.179 e. The lowest BCUT2D eigenvalue weighted by Gasteiger charge is -2.10. The zero-order valence-corrected chi connectivity index (χ0v) is 14.3. The Kier molecular flexibility index (Phi) is 5.48. The first-order valence-corrected chi connectivity index (χ1v) is 8.61. The second kappa shape index (κ2) is 7.77. The summed E-state index contributed by atoms with van der Waals surface area (Å²) in [7, 11) is 1.65. The van der Waals surface area contributed by atoms with Gasteiger partial charge in [-0.05, 0) is 49.9 Å². The van der Waals surface area contributed by atoms with E-state index < -0.39 is 6.10 Å². The van der Waals surface area contributed by atoms with Crippen molar-refractivity contribution in [1.82, 2.24) is 14.8 Å². The van der Waals surface area contributed by atoms with Gasteiger partial charge < -0.3 is 14.6 Å². The minimum absolute atomic E-state index is 0.311. The van der Waals surface area contributed by atoms with Gasteiger partial charge in [-0.15, -0.1) is 5.10 Å². The molecule has 0 bridgehead atoms. The van der Waals surface area contributed by atoms with Crippen LogP contribution in [0.3, 0.4) is 0 Å². The average Bonchev–Trinajstić information content (AvgIpc) is 3.29. The predicted octanol–water partition coefficient (Wildman–Crippen LogP) is 2.83. The Hall–Kier alpha value is -1.92. The molecule has 1 fully saturated rings. The van der Waals surface area contributed by atoms with Crippen LogP contribution in [-0.4, -0.2) is 39.7 Å². The number of aliphatic hydroxyl groups excluding tert-OH is 1. The molecule has 0 aliphatic carbocycles. The monoisotopic (exact) mass is 331 g/mol. The summed E-state index contributed by atoms with van der Waals surface area (Å²) in [5.74, 6) is 2.14. The number of hydrogen-bond acceptors (Lipinski definition) is 5. The van der Waals surface area contributed by atoms with Gasteiger partial charge in [-0.3, -0.25) is 0 Å². The fraction of sp³-hybridized carbons (Fsp3) is 0.556. The Bertz CT molecular complexity index is 648. The van der Waals surface area contributed by atoms with Crippen molar-refractivity contribution in [1.29, 1.82) is 0 Å². The number of ether oxygens (including phenoxy) is 2. The SMILES string of the molecule is CCC(O)c1nc(CC[C@@H]2CCCO2)n(-c2ccc(OC)cc2)n1. The van der Waals surface area contributed by atoms with Gasteiger partial charge in [0.25, 0.3) is 0 Å². The molecule has 0 radical (unpaired) electrons. The fourth-order valence-electron chi connectivity index (χ4n) is 2.94. The predicted molar refractivity (Wildman–Crippen MR) is 90.5 cm³/mol. The summed E-state index contributed by atoms with van der Waals surface area (Å²) in [5.41, 5.74) is 0.917. The highest BCUT2D eigenvalue weighted by Crippen LogP contribution is 2.22. The van der Waals surface area contributed by atoms with Gasteiger partial charge in [-0.25, -0.2) is 9.67 Å². The molecule has 3 rings (SSSR count). The standard InChI is InChI=1S/C18H25N3O3/c1-3-16(22)18-19-17(11-10-15-5-4-12-24-15)21(20-18)13-6-8-14(23-2)9-7-13/h6-9,15-16,22H,3-5,10-12H2,1-2H3/t15-,16?/m0/s1. The molecule has 1 aliphatic rings. The summed E-state index contributed by atoms with van der Waals surface area (Å²) in [4.78, 5) is 4.58. The lowest BCUT2D eigenvalue weighted by Crippen LogP contribution is -2.10. The quantitative estimate of drug-likeness (QED) is 0.845. The number of methoxy groups -OCH3 is 1. The number of benzene rings is 1. The third-order valence-electron chi connectivity index (χ3n) is 4.41. The van der Waals surface area contributed by atoms with Crippen LogP contribution >= 0.6 is 0 Å². The lowest BCUT2D eigenvalue weighted by atomic mass is 10.1. The zero-order chi connectivity index (χ0) is 16.9. The highest BCUT2D eigenvalue weighted by atomic mass is 16.5. The van der Waals surface area contributed by atoms with E-state index in [-0.39, 0.29) is 0 Å². The van der Waals surface area contributed by atoms with Crippen molar-refractivity contribution in [2.24, 2.45) is 0 Å². The van der Waals surface area contributed by atoms with Crippen molar-refractivity contribution in [2.45, 2.75) is 51.2 Å². The number of rotatable bonds is 7. The molecule has 2 aromatic rings. The van der Waals surface area contributed by atoms with Gasteiger partial charge in [0, 0.05) is 13.0 Å². The van der Waals surface area contributed by atoms with Crippen molar-refractivity contribution in [2.75, 3.05) is 13.7 Å². The molecule has 6 heteroatoms. The number of aromatic nitrogens is 3. The van der Waals surface area contributed by atoms with Crippen molar-refractivity contribution >= 4 is 0 Å². The molecule has 0 saturated carbocycles. The number of hydrogen-bond donors (Lipinski definition) is 1. The smallest absolute Gasteiger partial charge is 0.179 e. The molecule has 1 N–H and O–H groups in total. The van der Waals surface area contributed by atoms with Crippen LogP contribution in [0.1, 0.15) is 50.4 Å². The molecule has 2 atom stereocenters. The summed E-state index contributed by atoms with van der Waals surface area (Å²) >= 11 is 0. The zero-order valence-electron chi connectivity index (χ0n) is 14.3. The van der Waals surface area contributed by atoms with Crippen LogP contribution in [0.5, 0.6) is 5.75 Å². The van der Waals surface area contributed by atoms with Crippen molar-refractivity contribution in [3.8, 4) is 11.4 Å². The Balaban J connectivity index is 1.84. The Labute approximate surface area is 142 Å². The lowest BCUT2D eigenvalue weighted by molar-refractivity contribution is 0.104. The third kappa shape index (κ3) is 3.76. The van der Waals surface area contributed by atoms with Crippen LogP contribution < -0.4 is 4.74 Å². The van der Waals surface area contributed by atoms with Crippen LogP contribution in [0.2, 0.25) is 0 Å². The summed E-state index contributed by atoms with van der Waals surface area (Å²) in [6, 6.07) is 7.70. The number of aliphatic hydroxyl groups is 1. The van der Waals surface area contributed by atoms with E-state index in [1.165, 1.54) is 0 Å². The summed E-state index contributed by atoms with van der Waals surface area (Å²) in [5, 5.41) is 14.6. The first-order valence-electron chi connectivity index (χ1n) is 8.61. The largest absolute Gasteiger partial charge is 0.497 e. The molecule has 24 heavy (non-hydrogen) atoms. The molecule has 0 amide bonds. The molecule has 1 aromatic heterocycles. The summed E-state index contributed by atoms with van der Waals surface area (Å²) in [6.45, 7) is 2.78. The van der Waals surface area contributed by atoms with Gasteiger partial charge in [0.2, 0.25) is 0 Å². The van der Waals surface area contributed by atoms with E-state index in [1.54, 1.807) is 7.11 Å². The Morgan fingerprint density at radius 2 is 2.17 bits per heavy atom. The van der Waals surface area contributed by atoms with Gasteiger partial charge in [-0.1, -0.05) is 6.92 Å². The van der Waals surface area contributed by atoms with E-state index >= 15 is 0 Å². The molecule has 6 nitrogen and oxygen atoms in total. The molecule has 1 aliphatic heterocycles. The molecular formula is C18H25N3O3. The van der Waals surface area contributed by atoms with Crippen LogP contribution in [0, 0.1) is 0 Å². The Morgan fingerprint density at radius 1 is 1.38 bits per heavy atom. The van der Waals surface area contributed by atoms with Gasteiger partial charge in [-0.2, -0.15) is 0 Å². The summed E-state index contributed by atoms with van der Waals surface area (Å²) < 4.78 is 12.7. The molecule has 1 saturated heterocycles. The van der Waals surface area contributed by atoms with E-state index in [9.17, 15) is 5.11 Å². The molecule has 0 spiro atoms. The van der Waals surface area contributed by atoms with Crippen LogP contribution in [-0.2, 0) is 11.2 Å². The van der Waals surface area contributed by atoms with E-state index in [1.807, 2.05) is 35.9 Å². The number of aryl methyl sites for hydroxylation is 1. The molecule has 2 heterocycles. The van der Waals surface area contributed by atoms with Crippen LogP contribution in [0.25, 0.3) is 5.69 Å². The van der Waals surface area contributed by atoms with E-state index in [2.05, 4.69) is 10.1 Å². The topological polar surface area (TPSA) is 69.4 Å². The fourth-order valence-corrected chi connectivity index (χ4v) is 2.94. The molecular weight excluding hydrogens is 306 g/mol. The minimum Gasteiger partial charge on any atom is -0.497 e. The maximum atomic E-state index is 10.1. The van der Waals surface area contributed by atoms with E-state index in [0.717, 1.165) is 49.6 Å². The first kappa shape index (κ1) is 16.9. The first-order chi connectivity index (χ1) is 11.7. The average molecular weight is 331 g/mol. The van der Waals surface area contributed by atoms with Gasteiger partial charge >= 0.3 is 0 Å². The van der Waals surface area contributed by atoms with E-state index in [4.69, 9.17) is 9.47 Å². The van der Waals surface area contributed by atoms with Gasteiger partial charge in [0.15, 0.2) is 5.82 Å². The van der Waals surface area contributed by atoms with Crippen molar-refractivity contribution in [3.63, 3.8) is 0 Å².